The molecule has 0 saturated carbocycles. The van der Waals surface area contributed by atoms with Gasteiger partial charge in [0.1, 0.15) is 6.73 Å². The molecular formula is C6H9NO4. The summed E-state index contributed by atoms with van der Waals surface area (Å²) in [4.78, 5) is 22.5. The first kappa shape index (κ1) is 8.00. The largest absolute Gasteiger partial charge is 0.433 e. The van der Waals surface area contributed by atoms with Crippen LogP contribution in [0.25, 0.3) is 0 Å². The van der Waals surface area contributed by atoms with Crippen molar-refractivity contribution in [2.75, 3.05) is 6.73 Å². The number of aliphatic hydroxyl groups is 1. The van der Waals surface area contributed by atoms with Gasteiger partial charge in [0.25, 0.3) is 5.91 Å². The van der Waals surface area contributed by atoms with Crippen LogP contribution >= 0.6 is 0 Å². The Bertz CT molecular complexity index is 211. The minimum Gasteiger partial charge on any atom is -0.433 e. The minimum absolute atomic E-state index is 0.509. The summed E-state index contributed by atoms with van der Waals surface area (Å²) in [5.41, 5.74) is -1.13. The predicted molar refractivity (Wildman–Crippen MR) is 34.5 cm³/mol. The number of aliphatic hydroxyl groups excluding tert-OH is 1. The first-order chi connectivity index (χ1) is 4.99. The third kappa shape index (κ3) is 1.07. The zero-order valence-electron chi connectivity index (χ0n) is 6.33. The molecule has 11 heavy (non-hydrogen) atoms. The fourth-order valence-electron chi connectivity index (χ4n) is 0.847. The molecule has 0 aromatic heterocycles. The summed E-state index contributed by atoms with van der Waals surface area (Å²) in [6.07, 6.45) is -0.789. The summed E-state index contributed by atoms with van der Waals surface area (Å²) in [6, 6.07) is 0. The molecule has 1 aliphatic rings. The van der Waals surface area contributed by atoms with E-state index >= 15 is 0 Å². The summed E-state index contributed by atoms with van der Waals surface area (Å²) < 4.78 is 4.64. The number of rotatable bonds is 1. The number of imide groups is 1. The van der Waals surface area contributed by atoms with Crippen molar-refractivity contribution in [3.05, 3.63) is 0 Å². The van der Waals surface area contributed by atoms with E-state index in [0.29, 0.717) is 4.90 Å². The third-order valence-corrected chi connectivity index (χ3v) is 1.46. The van der Waals surface area contributed by atoms with Crippen LogP contribution in [0.2, 0.25) is 0 Å². The summed E-state index contributed by atoms with van der Waals surface area (Å²) in [5.74, 6) is -0.509. The van der Waals surface area contributed by atoms with Crippen LogP contribution in [-0.2, 0) is 9.53 Å². The maximum Gasteiger partial charge on any atom is 0.419 e. The second-order valence-corrected chi connectivity index (χ2v) is 2.75. The number of cyclic esters (lactones) is 1. The molecule has 2 amide bonds. The van der Waals surface area contributed by atoms with Crippen molar-refractivity contribution in [1.82, 2.24) is 4.90 Å². The van der Waals surface area contributed by atoms with Crippen LogP contribution < -0.4 is 0 Å². The first-order valence-electron chi connectivity index (χ1n) is 3.15. The van der Waals surface area contributed by atoms with E-state index in [4.69, 9.17) is 5.11 Å². The Morgan fingerprint density at radius 3 is 2.27 bits per heavy atom. The molecule has 0 aromatic carbocycles. The molecule has 0 spiro atoms. The highest BCUT2D eigenvalue weighted by Crippen LogP contribution is 2.22. The Balaban J connectivity index is 2.88. The first-order valence-corrected chi connectivity index (χ1v) is 3.15. The molecule has 1 fully saturated rings. The quantitative estimate of drug-likeness (QED) is 0.570. The van der Waals surface area contributed by atoms with Crippen molar-refractivity contribution < 1.29 is 19.4 Å². The lowest BCUT2D eigenvalue weighted by atomic mass is 10.1. The number of nitrogens with zero attached hydrogens (tertiary/aromatic N) is 1. The van der Waals surface area contributed by atoms with Crippen molar-refractivity contribution in [1.29, 1.82) is 0 Å². The summed E-state index contributed by atoms with van der Waals surface area (Å²) in [5, 5.41) is 8.54. The highest BCUT2D eigenvalue weighted by molar-refractivity contribution is 6.02. The predicted octanol–water partition coefficient (Wildman–Crippen LogP) is -0.306. The van der Waals surface area contributed by atoms with Crippen LogP contribution in [0, 0.1) is 0 Å². The van der Waals surface area contributed by atoms with E-state index in [2.05, 4.69) is 4.74 Å². The molecule has 1 rings (SSSR count). The van der Waals surface area contributed by atoms with E-state index in [9.17, 15) is 9.59 Å². The molecule has 1 heterocycles. The Kier molecular flexibility index (Phi) is 1.60. The van der Waals surface area contributed by atoms with Crippen LogP contribution in [-0.4, -0.2) is 34.3 Å². The molecule has 0 aromatic rings. The van der Waals surface area contributed by atoms with Crippen molar-refractivity contribution in [3.63, 3.8) is 0 Å². The van der Waals surface area contributed by atoms with Gasteiger partial charge in [-0.2, -0.15) is 0 Å². The smallest absolute Gasteiger partial charge is 0.419 e. The van der Waals surface area contributed by atoms with Crippen molar-refractivity contribution in [3.8, 4) is 0 Å². The molecule has 0 unspecified atom stereocenters. The molecule has 0 bridgehead atoms. The van der Waals surface area contributed by atoms with Crippen LogP contribution in [0.1, 0.15) is 13.8 Å². The second-order valence-electron chi connectivity index (χ2n) is 2.75. The number of amides is 2. The summed E-state index contributed by atoms with van der Waals surface area (Å²) in [6.45, 7) is 2.33. The SMILES string of the molecule is CC1(C)OC(=O)N(CO)C1=O. The Morgan fingerprint density at radius 1 is 1.55 bits per heavy atom. The Hall–Kier alpha value is -1.10. The maximum atomic E-state index is 11.1. The monoisotopic (exact) mass is 159 g/mol. The lowest BCUT2D eigenvalue weighted by molar-refractivity contribution is -0.136. The average Bonchev–Trinajstić information content (AvgIpc) is 2.04. The summed E-state index contributed by atoms with van der Waals surface area (Å²) >= 11 is 0. The molecule has 0 atom stereocenters. The van der Waals surface area contributed by atoms with Crippen molar-refractivity contribution in [2.24, 2.45) is 0 Å². The van der Waals surface area contributed by atoms with Gasteiger partial charge in [-0.15, -0.1) is 0 Å². The van der Waals surface area contributed by atoms with E-state index in [1.165, 1.54) is 13.8 Å². The Labute approximate surface area is 63.5 Å². The lowest BCUT2D eigenvalue weighted by Gasteiger charge is -2.11. The number of carbonyl (C=O) groups is 2. The average molecular weight is 159 g/mol. The molecular weight excluding hydrogens is 150 g/mol. The van der Waals surface area contributed by atoms with Crippen LogP contribution in [0.3, 0.4) is 0 Å². The lowest BCUT2D eigenvalue weighted by Crippen LogP contribution is -2.36. The number of hydrogen-bond acceptors (Lipinski definition) is 4. The van der Waals surface area contributed by atoms with Gasteiger partial charge in [0.2, 0.25) is 0 Å². The van der Waals surface area contributed by atoms with Gasteiger partial charge in [-0.3, -0.25) is 4.79 Å². The van der Waals surface area contributed by atoms with Crippen molar-refractivity contribution >= 4 is 12.0 Å². The number of carbonyl (C=O) groups excluding carboxylic acids is 2. The van der Waals surface area contributed by atoms with Gasteiger partial charge in [0.15, 0.2) is 5.60 Å². The number of hydrogen-bond donors (Lipinski definition) is 1. The zero-order valence-corrected chi connectivity index (χ0v) is 6.33. The van der Waals surface area contributed by atoms with Gasteiger partial charge in [-0.25, -0.2) is 9.69 Å². The maximum absolute atomic E-state index is 11.1. The fourth-order valence-corrected chi connectivity index (χ4v) is 0.847. The molecule has 1 saturated heterocycles. The van der Waals surface area contributed by atoms with Crippen LogP contribution in [0.15, 0.2) is 0 Å². The molecule has 5 nitrogen and oxygen atoms in total. The highest BCUT2D eigenvalue weighted by atomic mass is 16.6. The van der Waals surface area contributed by atoms with E-state index in [1.54, 1.807) is 0 Å². The van der Waals surface area contributed by atoms with E-state index in [0.717, 1.165) is 0 Å². The van der Waals surface area contributed by atoms with Crippen molar-refractivity contribution in [2.45, 2.75) is 19.4 Å². The molecule has 0 aliphatic carbocycles. The highest BCUT2D eigenvalue weighted by Gasteiger charge is 2.46. The van der Waals surface area contributed by atoms with Crippen LogP contribution in [0.4, 0.5) is 4.79 Å². The zero-order chi connectivity index (χ0) is 8.65. The van der Waals surface area contributed by atoms with E-state index in [-0.39, 0.29) is 0 Å². The molecule has 1 aliphatic heterocycles. The van der Waals surface area contributed by atoms with E-state index < -0.39 is 24.3 Å². The van der Waals surface area contributed by atoms with Gasteiger partial charge in [-0.1, -0.05) is 0 Å². The molecule has 0 radical (unpaired) electrons. The fraction of sp³-hybridized carbons (Fsp3) is 0.667. The van der Waals surface area contributed by atoms with E-state index in [1.807, 2.05) is 0 Å². The molecule has 1 N–H and O–H groups in total. The molecule has 62 valence electrons. The van der Waals surface area contributed by atoms with Gasteiger partial charge in [0.05, 0.1) is 0 Å². The number of ether oxygens (including phenoxy) is 1. The van der Waals surface area contributed by atoms with Gasteiger partial charge in [0, 0.05) is 0 Å². The normalized spacial score (nSPS) is 22.3. The summed E-state index contributed by atoms with van der Waals surface area (Å²) in [7, 11) is 0. The standard InChI is InChI=1S/C6H9NO4/c1-6(2)4(9)7(3-8)5(10)11-6/h8H,3H2,1-2H3. The van der Waals surface area contributed by atoms with Gasteiger partial charge >= 0.3 is 6.09 Å². The topological polar surface area (TPSA) is 66.8 Å². The second kappa shape index (κ2) is 2.20. The minimum atomic E-state index is -1.13. The third-order valence-electron chi connectivity index (χ3n) is 1.46. The van der Waals surface area contributed by atoms with Crippen LogP contribution in [0.5, 0.6) is 0 Å². The Morgan fingerprint density at radius 2 is 2.09 bits per heavy atom. The molecule has 5 heteroatoms. The van der Waals surface area contributed by atoms with Gasteiger partial charge in [-0.05, 0) is 13.8 Å². The van der Waals surface area contributed by atoms with Gasteiger partial charge < -0.3 is 9.84 Å².